The molecule has 2 aromatic rings. The van der Waals surface area contributed by atoms with Gasteiger partial charge in [0, 0.05) is 29.0 Å². The van der Waals surface area contributed by atoms with Gasteiger partial charge in [-0.2, -0.15) is 0 Å². The molecule has 96 valence electrons. The van der Waals surface area contributed by atoms with Crippen LogP contribution in [0.15, 0.2) is 24.3 Å². The van der Waals surface area contributed by atoms with Gasteiger partial charge in [-0.05, 0) is 36.6 Å². The fourth-order valence-corrected chi connectivity index (χ4v) is 1.97. The highest BCUT2D eigenvalue weighted by molar-refractivity contribution is 5.93. The van der Waals surface area contributed by atoms with E-state index < -0.39 is 0 Å². The first-order valence-electron chi connectivity index (χ1n) is 6.56. The maximum absolute atomic E-state index is 5.86. The number of nitrogens with zero attached hydrogens (tertiary/aromatic N) is 1. The summed E-state index contributed by atoms with van der Waals surface area (Å²) < 4.78 is 0. The summed E-state index contributed by atoms with van der Waals surface area (Å²) in [4.78, 5) is 4.69. The third kappa shape index (κ3) is 2.55. The van der Waals surface area contributed by atoms with E-state index in [2.05, 4.69) is 37.1 Å². The molecule has 0 bridgehead atoms. The lowest BCUT2D eigenvalue weighted by Crippen LogP contribution is -2.03. The van der Waals surface area contributed by atoms with E-state index in [1.807, 2.05) is 18.2 Å². The van der Waals surface area contributed by atoms with Crippen molar-refractivity contribution in [2.45, 2.75) is 33.1 Å². The Morgan fingerprint density at radius 1 is 1.28 bits per heavy atom. The Morgan fingerprint density at radius 2 is 2.06 bits per heavy atom. The van der Waals surface area contributed by atoms with Crippen molar-refractivity contribution in [2.24, 2.45) is 0 Å². The Bertz CT molecular complexity index is 547. The number of rotatable bonds is 4. The van der Waals surface area contributed by atoms with Gasteiger partial charge < -0.3 is 11.1 Å². The summed E-state index contributed by atoms with van der Waals surface area (Å²) in [7, 11) is 0. The predicted octanol–water partition coefficient (Wildman–Crippen LogP) is 3.76. The monoisotopic (exact) mass is 243 g/mol. The van der Waals surface area contributed by atoms with Crippen LogP contribution in [-0.4, -0.2) is 11.5 Å². The molecule has 0 aliphatic carbocycles. The first-order valence-corrected chi connectivity index (χ1v) is 6.56. The standard InChI is InChI=1S/C15H21N3/c1-4-7-17-15-9-14(10(2)3)18-13-6-5-11(16)8-12(13)15/h5-6,8-10H,4,7,16H2,1-3H3,(H,17,18). The minimum absolute atomic E-state index is 0.425. The fourth-order valence-electron chi connectivity index (χ4n) is 1.97. The van der Waals surface area contributed by atoms with Gasteiger partial charge in [-0.3, -0.25) is 4.98 Å². The molecule has 0 saturated carbocycles. The zero-order valence-corrected chi connectivity index (χ0v) is 11.3. The highest BCUT2D eigenvalue weighted by Crippen LogP contribution is 2.27. The van der Waals surface area contributed by atoms with Crippen LogP contribution in [0.2, 0.25) is 0 Å². The zero-order chi connectivity index (χ0) is 13.1. The zero-order valence-electron chi connectivity index (χ0n) is 11.3. The summed E-state index contributed by atoms with van der Waals surface area (Å²) in [5.41, 5.74) is 9.90. The molecular formula is C15H21N3. The highest BCUT2D eigenvalue weighted by atomic mass is 14.9. The van der Waals surface area contributed by atoms with Gasteiger partial charge in [-0.25, -0.2) is 0 Å². The molecule has 0 unspecified atom stereocenters. The second-order valence-corrected chi connectivity index (χ2v) is 4.95. The number of anilines is 2. The number of aromatic nitrogens is 1. The topological polar surface area (TPSA) is 50.9 Å². The lowest BCUT2D eigenvalue weighted by molar-refractivity contribution is 0.829. The van der Waals surface area contributed by atoms with Gasteiger partial charge in [0.05, 0.1) is 5.52 Å². The highest BCUT2D eigenvalue weighted by Gasteiger charge is 2.08. The quantitative estimate of drug-likeness (QED) is 0.804. The number of pyridine rings is 1. The maximum atomic E-state index is 5.86. The van der Waals surface area contributed by atoms with Gasteiger partial charge in [0.15, 0.2) is 0 Å². The van der Waals surface area contributed by atoms with Crippen molar-refractivity contribution in [1.82, 2.24) is 4.98 Å². The smallest absolute Gasteiger partial charge is 0.0727 e. The number of fused-ring (bicyclic) bond motifs is 1. The van der Waals surface area contributed by atoms with Crippen molar-refractivity contribution in [1.29, 1.82) is 0 Å². The molecule has 0 atom stereocenters. The van der Waals surface area contributed by atoms with Crippen LogP contribution in [0.25, 0.3) is 10.9 Å². The van der Waals surface area contributed by atoms with Gasteiger partial charge >= 0.3 is 0 Å². The third-order valence-corrected chi connectivity index (χ3v) is 3.01. The average Bonchev–Trinajstić information content (AvgIpc) is 2.35. The largest absolute Gasteiger partial charge is 0.399 e. The normalized spacial score (nSPS) is 11.1. The molecule has 1 aromatic carbocycles. The molecular weight excluding hydrogens is 222 g/mol. The molecule has 3 N–H and O–H groups in total. The van der Waals surface area contributed by atoms with E-state index in [0.717, 1.165) is 40.9 Å². The number of benzene rings is 1. The lowest BCUT2D eigenvalue weighted by atomic mass is 10.1. The van der Waals surface area contributed by atoms with Crippen molar-refractivity contribution < 1.29 is 0 Å². The van der Waals surface area contributed by atoms with E-state index in [0.29, 0.717) is 5.92 Å². The summed E-state index contributed by atoms with van der Waals surface area (Å²) in [6.07, 6.45) is 1.10. The summed E-state index contributed by atoms with van der Waals surface area (Å²) in [6.45, 7) is 7.45. The lowest BCUT2D eigenvalue weighted by Gasteiger charge is -2.13. The Hall–Kier alpha value is -1.77. The van der Waals surface area contributed by atoms with Gasteiger partial charge in [0.25, 0.3) is 0 Å². The van der Waals surface area contributed by atoms with Gasteiger partial charge in [0.2, 0.25) is 0 Å². The van der Waals surface area contributed by atoms with Crippen molar-refractivity contribution in [3.63, 3.8) is 0 Å². The molecule has 1 heterocycles. The van der Waals surface area contributed by atoms with E-state index in [9.17, 15) is 0 Å². The summed E-state index contributed by atoms with van der Waals surface area (Å²) in [6, 6.07) is 8.03. The molecule has 0 saturated heterocycles. The van der Waals surface area contributed by atoms with Gasteiger partial charge in [-0.15, -0.1) is 0 Å². The number of hydrogen-bond donors (Lipinski definition) is 2. The number of nitrogen functional groups attached to an aromatic ring is 1. The SMILES string of the molecule is CCCNc1cc(C(C)C)nc2ccc(N)cc12. The maximum Gasteiger partial charge on any atom is 0.0727 e. The molecule has 0 spiro atoms. The first-order chi connectivity index (χ1) is 8.61. The van der Waals surface area contributed by atoms with Crippen LogP contribution in [-0.2, 0) is 0 Å². The molecule has 3 heteroatoms. The van der Waals surface area contributed by atoms with Gasteiger partial charge in [-0.1, -0.05) is 20.8 Å². The second-order valence-electron chi connectivity index (χ2n) is 4.95. The molecule has 18 heavy (non-hydrogen) atoms. The minimum Gasteiger partial charge on any atom is -0.399 e. The Kier molecular flexibility index (Phi) is 3.70. The Balaban J connectivity index is 2.57. The van der Waals surface area contributed by atoms with Crippen LogP contribution in [0.3, 0.4) is 0 Å². The first kappa shape index (κ1) is 12.7. The molecule has 0 fully saturated rings. The number of nitrogens with two attached hydrogens (primary N) is 1. The molecule has 1 aromatic heterocycles. The minimum atomic E-state index is 0.425. The Labute approximate surface area is 108 Å². The summed E-state index contributed by atoms with van der Waals surface area (Å²) >= 11 is 0. The van der Waals surface area contributed by atoms with Crippen LogP contribution < -0.4 is 11.1 Å². The summed E-state index contributed by atoms with van der Waals surface area (Å²) in [5, 5.41) is 4.57. The van der Waals surface area contributed by atoms with E-state index in [1.54, 1.807) is 0 Å². The van der Waals surface area contributed by atoms with E-state index >= 15 is 0 Å². The van der Waals surface area contributed by atoms with E-state index in [1.165, 1.54) is 0 Å². The van der Waals surface area contributed by atoms with Crippen molar-refractivity contribution in [3.05, 3.63) is 30.0 Å². The molecule has 0 aliphatic rings. The van der Waals surface area contributed by atoms with Crippen LogP contribution in [0, 0.1) is 0 Å². The summed E-state index contributed by atoms with van der Waals surface area (Å²) in [5.74, 6) is 0.425. The van der Waals surface area contributed by atoms with Crippen molar-refractivity contribution in [2.75, 3.05) is 17.6 Å². The second kappa shape index (κ2) is 5.25. The van der Waals surface area contributed by atoms with Crippen LogP contribution in [0.5, 0.6) is 0 Å². The molecule has 0 radical (unpaired) electrons. The molecule has 0 amide bonds. The fraction of sp³-hybridized carbons (Fsp3) is 0.400. The number of hydrogen-bond acceptors (Lipinski definition) is 3. The number of nitrogens with one attached hydrogen (secondary N) is 1. The van der Waals surface area contributed by atoms with Crippen molar-refractivity contribution >= 4 is 22.3 Å². The van der Waals surface area contributed by atoms with Crippen LogP contribution in [0.1, 0.15) is 38.8 Å². The van der Waals surface area contributed by atoms with Crippen LogP contribution in [0.4, 0.5) is 11.4 Å². The van der Waals surface area contributed by atoms with Crippen molar-refractivity contribution in [3.8, 4) is 0 Å². The van der Waals surface area contributed by atoms with Gasteiger partial charge in [0.1, 0.15) is 0 Å². The predicted molar refractivity (Wildman–Crippen MR) is 79.0 cm³/mol. The average molecular weight is 243 g/mol. The van der Waals surface area contributed by atoms with Crippen LogP contribution >= 0.6 is 0 Å². The third-order valence-electron chi connectivity index (χ3n) is 3.01. The Morgan fingerprint density at radius 3 is 2.72 bits per heavy atom. The van der Waals surface area contributed by atoms with E-state index in [-0.39, 0.29) is 0 Å². The van der Waals surface area contributed by atoms with E-state index in [4.69, 9.17) is 5.73 Å². The molecule has 2 rings (SSSR count). The molecule has 0 aliphatic heterocycles. The molecule has 3 nitrogen and oxygen atoms in total.